The minimum Gasteiger partial charge on any atom is -0.369 e. The lowest BCUT2D eigenvalue weighted by molar-refractivity contribution is -0.376. The van der Waals surface area contributed by atoms with Gasteiger partial charge in [-0.25, -0.2) is 0 Å². The SMILES string of the molecule is CCC(CC(C)C)c1ccc(C(O)(C(F)(F)F)C(F)(F)F)c(C)c1. The topological polar surface area (TPSA) is 20.2 Å². The second-order valence-electron chi connectivity index (χ2n) is 6.52. The molecule has 0 spiro atoms. The number of aliphatic hydroxyl groups is 1. The molecule has 0 radical (unpaired) electrons. The van der Waals surface area contributed by atoms with Gasteiger partial charge in [0.05, 0.1) is 0 Å². The number of aryl methyl sites for hydroxylation is 1. The molecule has 0 amide bonds. The summed E-state index contributed by atoms with van der Waals surface area (Å²) in [6.45, 7) is 7.06. The molecule has 1 nitrogen and oxygen atoms in total. The largest absolute Gasteiger partial charge is 0.430 e. The van der Waals surface area contributed by atoms with Crippen LogP contribution in [0.15, 0.2) is 18.2 Å². The first-order valence-electron chi connectivity index (χ1n) is 7.72. The van der Waals surface area contributed by atoms with Crippen LogP contribution in [0.25, 0.3) is 0 Å². The maximum atomic E-state index is 13.0. The Morgan fingerprint density at radius 2 is 1.50 bits per heavy atom. The maximum Gasteiger partial charge on any atom is 0.430 e. The predicted molar refractivity (Wildman–Crippen MR) is 79.7 cm³/mol. The zero-order valence-corrected chi connectivity index (χ0v) is 14.0. The summed E-state index contributed by atoms with van der Waals surface area (Å²) in [5.41, 5.74) is -5.60. The van der Waals surface area contributed by atoms with Crippen molar-refractivity contribution in [2.75, 3.05) is 0 Å². The third kappa shape index (κ3) is 3.87. The zero-order valence-electron chi connectivity index (χ0n) is 14.0. The van der Waals surface area contributed by atoms with E-state index in [1.807, 2.05) is 20.8 Å². The average Bonchev–Trinajstić information content (AvgIpc) is 2.41. The van der Waals surface area contributed by atoms with Crippen molar-refractivity contribution in [2.24, 2.45) is 5.92 Å². The summed E-state index contributed by atoms with van der Waals surface area (Å²) in [7, 11) is 0. The number of halogens is 6. The van der Waals surface area contributed by atoms with E-state index >= 15 is 0 Å². The number of benzene rings is 1. The van der Waals surface area contributed by atoms with Crippen molar-refractivity contribution >= 4 is 0 Å². The molecule has 24 heavy (non-hydrogen) atoms. The fourth-order valence-corrected chi connectivity index (χ4v) is 2.92. The molecular formula is C17H22F6O. The maximum absolute atomic E-state index is 13.0. The van der Waals surface area contributed by atoms with Crippen LogP contribution in [-0.2, 0) is 5.60 Å². The summed E-state index contributed by atoms with van der Waals surface area (Å²) in [5.74, 6) is 0.389. The highest BCUT2D eigenvalue weighted by molar-refractivity contribution is 5.38. The molecule has 1 atom stereocenters. The van der Waals surface area contributed by atoms with Crippen LogP contribution in [-0.4, -0.2) is 17.5 Å². The molecule has 0 aliphatic rings. The summed E-state index contributed by atoms with van der Waals surface area (Å²) in [6.07, 6.45) is -10.2. The smallest absolute Gasteiger partial charge is 0.369 e. The minimum atomic E-state index is -5.86. The van der Waals surface area contributed by atoms with Crippen LogP contribution in [0, 0.1) is 12.8 Å². The van der Waals surface area contributed by atoms with Crippen LogP contribution in [0.2, 0.25) is 0 Å². The van der Waals surface area contributed by atoms with Gasteiger partial charge in [0, 0.05) is 5.56 Å². The molecule has 0 saturated carbocycles. The van der Waals surface area contributed by atoms with E-state index in [-0.39, 0.29) is 11.5 Å². The van der Waals surface area contributed by atoms with Crippen LogP contribution < -0.4 is 0 Å². The van der Waals surface area contributed by atoms with Crippen molar-refractivity contribution in [1.29, 1.82) is 0 Å². The molecule has 1 unspecified atom stereocenters. The molecule has 0 saturated heterocycles. The Labute approximate surface area is 137 Å². The molecule has 0 bridgehead atoms. The second kappa shape index (κ2) is 6.94. The minimum absolute atomic E-state index is 0.0441. The molecule has 1 N–H and O–H groups in total. The van der Waals surface area contributed by atoms with Crippen molar-refractivity contribution in [3.63, 3.8) is 0 Å². The Balaban J connectivity index is 3.42. The molecule has 1 aromatic rings. The summed E-state index contributed by atoms with van der Waals surface area (Å²) in [4.78, 5) is 0. The second-order valence-corrected chi connectivity index (χ2v) is 6.52. The molecule has 0 aromatic heterocycles. The van der Waals surface area contributed by atoms with Crippen LogP contribution in [0.3, 0.4) is 0 Å². The molecule has 1 aromatic carbocycles. The van der Waals surface area contributed by atoms with E-state index < -0.39 is 23.5 Å². The van der Waals surface area contributed by atoms with Crippen molar-refractivity contribution in [3.8, 4) is 0 Å². The molecule has 0 aliphatic heterocycles. The van der Waals surface area contributed by atoms with E-state index in [1.54, 1.807) is 0 Å². The van der Waals surface area contributed by atoms with Gasteiger partial charge in [-0.1, -0.05) is 39.0 Å². The summed E-state index contributed by atoms with van der Waals surface area (Å²) < 4.78 is 78.0. The third-order valence-corrected chi connectivity index (χ3v) is 4.18. The van der Waals surface area contributed by atoms with E-state index in [9.17, 15) is 31.4 Å². The molecule has 1 rings (SSSR count). The van der Waals surface area contributed by atoms with Crippen molar-refractivity contribution in [3.05, 3.63) is 34.9 Å². The standard InChI is InChI=1S/C17H22F6O/c1-5-12(8-10(2)3)13-6-7-14(11(4)9-13)15(24,16(18,19)20)17(21,22)23/h6-7,9-10,12,24H,5,8H2,1-4H3. The first-order valence-corrected chi connectivity index (χ1v) is 7.72. The van der Waals surface area contributed by atoms with Crippen LogP contribution in [0.4, 0.5) is 26.3 Å². The van der Waals surface area contributed by atoms with E-state index in [4.69, 9.17) is 0 Å². The van der Waals surface area contributed by atoms with Gasteiger partial charge >= 0.3 is 12.4 Å². The van der Waals surface area contributed by atoms with Crippen molar-refractivity contribution < 1.29 is 31.4 Å². The number of hydrogen-bond acceptors (Lipinski definition) is 1. The van der Waals surface area contributed by atoms with E-state index in [2.05, 4.69) is 0 Å². The summed E-state index contributed by atoms with van der Waals surface area (Å²) in [5, 5.41) is 9.52. The lowest BCUT2D eigenvalue weighted by Crippen LogP contribution is -2.54. The number of rotatable bonds is 5. The number of alkyl halides is 6. The monoisotopic (exact) mass is 356 g/mol. The van der Waals surface area contributed by atoms with Crippen molar-refractivity contribution in [2.45, 2.75) is 64.4 Å². The first-order chi connectivity index (χ1) is 10.8. The van der Waals surface area contributed by atoms with Gasteiger partial charge in [-0.2, -0.15) is 26.3 Å². The molecule has 0 heterocycles. The van der Waals surface area contributed by atoms with Crippen molar-refractivity contribution in [1.82, 2.24) is 0 Å². The van der Waals surface area contributed by atoms with E-state index in [0.29, 0.717) is 11.5 Å². The lowest BCUT2D eigenvalue weighted by atomic mass is 9.83. The van der Waals surface area contributed by atoms with Gasteiger partial charge < -0.3 is 5.11 Å². The zero-order chi connectivity index (χ0) is 18.9. The fourth-order valence-electron chi connectivity index (χ4n) is 2.92. The molecule has 7 heteroatoms. The predicted octanol–water partition coefficient (Wildman–Crippen LogP) is 5.85. The van der Waals surface area contributed by atoms with Gasteiger partial charge in [-0.05, 0) is 42.7 Å². The molecule has 0 aliphatic carbocycles. The van der Waals surface area contributed by atoms with E-state index in [0.717, 1.165) is 25.8 Å². The lowest BCUT2D eigenvalue weighted by Gasteiger charge is -2.34. The Hall–Kier alpha value is -1.24. The van der Waals surface area contributed by atoms with Gasteiger partial charge in [-0.15, -0.1) is 0 Å². The van der Waals surface area contributed by atoms with Crippen LogP contribution in [0.1, 0.15) is 56.2 Å². The Morgan fingerprint density at radius 3 is 1.83 bits per heavy atom. The first kappa shape index (κ1) is 20.8. The van der Waals surface area contributed by atoms with Gasteiger partial charge in [0.25, 0.3) is 5.60 Å². The van der Waals surface area contributed by atoms with Gasteiger partial charge in [0.15, 0.2) is 0 Å². The van der Waals surface area contributed by atoms with Gasteiger partial charge in [-0.3, -0.25) is 0 Å². The Morgan fingerprint density at radius 1 is 1.00 bits per heavy atom. The fraction of sp³-hybridized carbons (Fsp3) is 0.647. The highest BCUT2D eigenvalue weighted by atomic mass is 19.4. The summed E-state index contributed by atoms with van der Waals surface area (Å²) >= 11 is 0. The van der Waals surface area contributed by atoms with Crippen LogP contribution in [0.5, 0.6) is 0 Å². The Kier molecular flexibility index (Phi) is 6.02. The Bertz CT molecular complexity index is 545. The summed E-state index contributed by atoms with van der Waals surface area (Å²) in [6, 6.07) is 3.31. The highest BCUT2D eigenvalue weighted by Crippen LogP contribution is 2.51. The van der Waals surface area contributed by atoms with Gasteiger partial charge in [0.1, 0.15) is 0 Å². The molecule has 0 fully saturated rings. The highest BCUT2D eigenvalue weighted by Gasteiger charge is 2.71. The number of hydrogen-bond donors (Lipinski definition) is 1. The van der Waals surface area contributed by atoms with E-state index in [1.165, 1.54) is 12.1 Å². The normalized spacial score (nSPS) is 15.0. The van der Waals surface area contributed by atoms with Crippen LogP contribution >= 0.6 is 0 Å². The third-order valence-electron chi connectivity index (χ3n) is 4.18. The quantitative estimate of drug-likeness (QED) is 0.657. The van der Waals surface area contributed by atoms with Gasteiger partial charge in [0.2, 0.25) is 0 Å². The molecular weight excluding hydrogens is 334 g/mol. The average molecular weight is 356 g/mol. The molecule has 138 valence electrons.